The molecule has 0 saturated heterocycles. The second kappa shape index (κ2) is 5.67. The van der Waals surface area contributed by atoms with Crippen LogP contribution in [0.3, 0.4) is 0 Å². The Labute approximate surface area is 123 Å². The van der Waals surface area contributed by atoms with Gasteiger partial charge in [-0.3, -0.25) is 4.79 Å². The summed E-state index contributed by atoms with van der Waals surface area (Å²) in [7, 11) is -4.50. The van der Waals surface area contributed by atoms with Gasteiger partial charge in [-0.25, -0.2) is 0 Å². The topological polar surface area (TPSA) is 78.9 Å². The molecule has 0 unspecified atom stereocenters. The molecular formula is C12H11F3O6S. The highest BCUT2D eigenvalue weighted by atomic mass is 32.2. The van der Waals surface area contributed by atoms with E-state index in [0.717, 1.165) is 12.1 Å². The molecule has 1 aromatic rings. The Kier molecular flexibility index (Phi) is 4.23. The van der Waals surface area contributed by atoms with E-state index in [0.29, 0.717) is 5.56 Å². The first-order chi connectivity index (χ1) is 10.1. The van der Waals surface area contributed by atoms with Gasteiger partial charge in [0.15, 0.2) is 0 Å². The SMILES string of the molecule is COC(=O)C[C@H]1COc2cc(OS(=O)(=O)C(F)(F)F)ccc21. The van der Waals surface area contributed by atoms with Crippen LogP contribution >= 0.6 is 0 Å². The van der Waals surface area contributed by atoms with Crippen LogP contribution in [0.25, 0.3) is 0 Å². The molecule has 0 N–H and O–H groups in total. The lowest BCUT2D eigenvalue weighted by atomic mass is 9.98. The molecular weight excluding hydrogens is 329 g/mol. The number of benzene rings is 1. The van der Waals surface area contributed by atoms with Crippen LogP contribution in [0.4, 0.5) is 13.2 Å². The molecule has 22 heavy (non-hydrogen) atoms. The fourth-order valence-electron chi connectivity index (χ4n) is 1.94. The van der Waals surface area contributed by atoms with Crippen molar-refractivity contribution in [3.8, 4) is 11.5 Å². The summed E-state index contributed by atoms with van der Waals surface area (Å²) < 4.78 is 72.3. The number of methoxy groups -OCH3 is 1. The number of alkyl halides is 3. The lowest BCUT2D eigenvalue weighted by Gasteiger charge is -2.10. The van der Waals surface area contributed by atoms with Crippen LogP contribution in [-0.4, -0.2) is 33.6 Å². The van der Waals surface area contributed by atoms with E-state index in [4.69, 9.17) is 4.74 Å². The van der Waals surface area contributed by atoms with Gasteiger partial charge in [0.05, 0.1) is 20.1 Å². The molecule has 6 nitrogen and oxygen atoms in total. The smallest absolute Gasteiger partial charge is 0.492 e. The van der Waals surface area contributed by atoms with Gasteiger partial charge in [0, 0.05) is 17.5 Å². The molecule has 0 saturated carbocycles. The molecule has 0 amide bonds. The maximum absolute atomic E-state index is 12.2. The lowest BCUT2D eigenvalue weighted by Crippen LogP contribution is -2.28. The molecule has 2 rings (SSSR count). The summed E-state index contributed by atoms with van der Waals surface area (Å²) in [6, 6.07) is 3.47. The van der Waals surface area contributed by atoms with Gasteiger partial charge < -0.3 is 13.7 Å². The van der Waals surface area contributed by atoms with Gasteiger partial charge in [0.1, 0.15) is 11.5 Å². The minimum Gasteiger partial charge on any atom is -0.492 e. The summed E-state index contributed by atoms with van der Waals surface area (Å²) in [6.45, 7) is 0.139. The molecule has 1 aliphatic rings. The summed E-state index contributed by atoms with van der Waals surface area (Å²) >= 11 is 0. The zero-order valence-electron chi connectivity index (χ0n) is 11.2. The standard InChI is InChI=1S/C12H11F3O6S/c1-19-11(16)4-7-6-20-10-5-8(2-3-9(7)10)21-22(17,18)12(13,14)15/h2-3,5,7H,4,6H2,1H3/t7-/m0/s1. The highest BCUT2D eigenvalue weighted by molar-refractivity contribution is 7.88. The molecule has 1 atom stereocenters. The van der Waals surface area contributed by atoms with E-state index in [1.165, 1.54) is 13.2 Å². The first-order valence-electron chi connectivity index (χ1n) is 5.98. The van der Waals surface area contributed by atoms with Crippen molar-refractivity contribution in [1.29, 1.82) is 0 Å². The van der Waals surface area contributed by atoms with Gasteiger partial charge >= 0.3 is 21.6 Å². The number of ether oxygens (including phenoxy) is 2. The van der Waals surface area contributed by atoms with Gasteiger partial charge in [0.25, 0.3) is 0 Å². The fraction of sp³-hybridized carbons (Fsp3) is 0.417. The molecule has 0 bridgehead atoms. The largest absolute Gasteiger partial charge is 0.534 e. The van der Waals surface area contributed by atoms with Crippen molar-refractivity contribution in [2.24, 2.45) is 0 Å². The van der Waals surface area contributed by atoms with Crippen LogP contribution in [0.1, 0.15) is 17.9 Å². The van der Waals surface area contributed by atoms with E-state index < -0.39 is 27.3 Å². The summed E-state index contributed by atoms with van der Waals surface area (Å²) in [5.41, 5.74) is -4.94. The Balaban J connectivity index is 2.19. The van der Waals surface area contributed by atoms with Crippen molar-refractivity contribution < 1.29 is 40.0 Å². The Bertz CT molecular complexity index is 683. The summed E-state index contributed by atoms with van der Waals surface area (Å²) in [6.07, 6.45) is 0.0462. The number of hydrogen-bond donors (Lipinski definition) is 0. The number of hydrogen-bond acceptors (Lipinski definition) is 6. The maximum Gasteiger partial charge on any atom is 0.534 e. The maximum atomic E-state index is 12.2. The van der Waals surface area contributed by atoms with Crippen LogP contribution in [0.15, 0.2) is 18.2 Å². The van der Waals surface area contributed by atoms with E-state index in [-0.39, 0.29) is 24.7 Å². The average molecular weight is 340 g/mol. The highest BCUT2D eigenvalue weighted by Crippen LogP contribution is 2.39. The third-order valence-electron chi connectivity index (χ3n) is 3.00. The normalized spacial score (nSPS) is 17.5. The second-order valence-electron chi connectivity index (χ2n) is 4.47. The first-order valence-corrected chi connectivity index (χ1v) is 7.39. The molecule has 122 valence electrons. The Hall–Kier alpha value is -1.97. The zero-order chi connectivity index (χ0) is 16.5. The van der Waals surface area contributed by atoms with Crippen LogP contribution in [0.2, 0.25) is 0 Å². The lowest BCUT2D eigenvalue weighted by molar-refractivity contribution is -0.141. The van der Waals surface area contributed by atoms with Gasteiger partial charge in [-0.05, 0) is 6.07 Å². The minimum absolute atomic E-state index is 0.0462. The van der Waals surface area contributed by atoms with Crippen molar-refractivity contribution in [2.45, 2.75) is 17.8 Å². The molecule has 10 heteroatoms. The number of rotatable bonds is 4. The third kappa shape index (κ3) is 3.26. The van der Waals surface area contributed by atoms with Gasteiger partial charge in [-0.15, -0.1) is 0 Å². The monoisotopic (exact) mass is 340 g/mol. The van der Waals surface area contributed by atoms with Gasteiger partial charge in [-0.1, -0.05) is 6.07 Å². The van der Waals surface area contributed by atoms with Gasteiger partial charge in [0.2, 0.25) is 0 Å². The van der Waals surface area contributed by atoms with E-state index in [2.05, 4.69) is 8.92 Å². The van der Waals surface area contributed by atoms with Crippen molar-refractivity contribution in [2.75, 3.05) is 13.7 Å². The molecule has 1 heterocycles. The van der Waals surface area contributed by atoms with Crippen LogP contribution in [0, 0.1) is 0 Å². The van der Waals surface area contributed by atoms with Crippen LogP contribution < -0.4 is 8.92 Å². The Morgan fingerprint density at radius 3 is 2.68 bits per heavy atom. The highest BCUT2D eigenvalue weighted by Gasteiger charge is 2.48. The molecule has 1 aromatic carbocycles. The number of carbonyl (C=O) groups is 1. The number of carbonyl (C=O) groups excluding carboxylic acids is 1. The predicted molar refractivity (Wildman–Crippen MR) is 66.9 cm³/mol. The van der Waals surface area contributed by atoms with Crippen molar-refractivity contribution >= 4 is 16.1 Å². The first kappa shape index (κ1) is 16.4. The summed E-state index contributed by atoms with van der Waals surface area (Å²) in [4.78, 5) is 11.2. The molecule has 0 aromatic heterocycles. The quantitative estimate of drug-likeness (QED) is 0.474. The van der Waals surface area contributed by atoms with Crippen LogP contribution in [-0.2, 0) is 19.6 Å². The molecule has 1 aliphatic heterocycles. The van der Waals surface area contributed by atoms with E-state index in [9.17, 15) is 26.4 Å². The molecule has 0 aliphatic carbocycles. The molecule has 0 radical (unpaired) electrons. The minimum atomic E-state index is -5.73. The van der Waals surface area contributed by atoms with E-state index in [1.54, 1.807) is 0 Å². The van der Waals surface area contributed by atoms with E-state index >= 15 is 0 Å². The van der Waals surface area contributed by atoms with Crippen molar-refractivity contribution in [3.63, 3.8) is 0 Å². The Morgan fingerprint density at radius 1 is 1.41 bits per heavy atom. The van der Waals surface area contributed by atoms with Crippen molar-refractivity contribution in [3.05, 3.63) is 23.8 Å². The fourth-order valence-corrected chi connectivity index (χ4v) is 2.39. The zero-order valence-corrected chi connectivity index (χ0v) is 12.0. The van der Waals surface area contributed by atoms with Gasteiger partial charge in [-0.2, -0.15) is 21.6 Å². The average Bonchev–Trinajstić information content (AvgIpc) is 2.79. The number of fused-ring (bicyclic) bond motifs is 1. The number of halogens is 3. The summed E-state index contributed by atoms with van der Waals surface area (Å²) in [5.74, 6) is -1.12. The Morgan fingerprint density at radius 2 is 2.09 bits per heavy atom. The molecule has 0 spiro atoms. The third-order valence-corrected chi connectivity index (χ3v) is 3.97. The molecule has 0 fully saturated rings. The van der Waals surface area contributed by atoms with Crippen molar-refractivity contribution in [1.82, 2.24) is 0 Å². The second-order valence-corrected chi connectivity index (χ2v) is 6.01. The van der Waals surface area contributed by atoms with Crippen LogP contribution in [0.5, 0.6) is 11.5 Å². The van der Waals surface area contributed by atoms with E-state index in [1.807, 2.05) is 0 Å². The number of esters is 1. The predicted octanol–water partition coefficient (Wildman–Crippen LogP) is 1.95. The summed E-state index contributed by atoms with van der Waals surface area (Å²) in [5, 5.41) is 0.